The maximum absolute atomic E-state index is 12.7. The number of hydrogen-bond acceptors (Lipinski definition) is 5. The molecule has 5 heteroatoms. The Bertz CT molecular complexity index is 695. The van der Waals surface area contributed by atoms with Crippen LogP contribution in [-0.2, 0) is 9.53 Å². The van der Waals surface area contributed by atoms with E-state index in [1.807, 2.05) is 35.9 Å². The number of rotatable bonds is 6. The van der Waals surface area contributed by atoms with Crippen LogP contribution in [0, 0.1) is 5.92 Å². The lowest BCUT2D eigenvalue weighted by atomic mass is 9.84. The molecule has 0 aromatic carbocycles. The predicted octanol–water partition coefficient (Wildman–Crippen LogP) is 4.15. The van der Waals surface area contributed by atoms with Crippen LogP contribution >= 0.6 is 11.3 Å². The van der Waals surface area contributed by atoms with E-state index < -0.39 is 6.04 Å². The fourth-order valence-electron chi connectivity index (χ4n) is 3.36. The molecule has 1 aromatic rings. The Balaban J connectivity index is 1.76. The number of allylic oxidation sites excluding steroid dienone is 3. The number of esters is 1. The third-order valence-electron chi connectivity index (χ3n) is 4.75. The van der Waals surface area contributed by atoms with E-state index in [9.17, 15) is 4.79 Å². The van der Waals surface area contributed by atoms with Crippen LogP contribution in [0.1, 0.15) is 31.4 Å². The van der Waals surface area contributed by atoms with Gasteiger partial charge >= 0.3 is 5.97 Å². The maximum atomic E-state index is 12.7. The number of fused-ring (bicyclic) bond motifs is 3. The third kappa shape index (κ3) is 4.35. The molecule has 2 bridgehead atoms. The molecule has 0 saturated carbocycles. The van der Waals surface area contributed by atoms with Crippen LogP contribution in [-0.4, -0.2) is 36.2 Å². The van der Waals surface area contributed by atoms with Crippen LogP contribution in [0.4, 0.5) is 0 Å². The minimum atomic E-state index is -0.659. The predicted molar refractivity (Wildman–Crippen MR) is 103 cm³/mol. The van der Waals surface area contributed by atoms with Crippen molar-refractivity contribution in [3.63, 3.8) is 0 Å². The molecule has 132 valence electrons. The molecule has 3 aliphatic rings. The van der Waals surface area contributed by atoms with Gasteiger partial charge in [0.05, 0.1) is 12.0 Å². The van der Waals surface area contributed by atoms with Crippen molar-refractivity contribution in [3.05, 3.63) is 59.0 Å². The van der Waals surface area contributed by atoms with Crippen LogP contribution < -0.4 is 0 Å². The molecule has 0 radical (unpaired) electrons. The Labute approximate surface area is 153 Å². The Morgan fingerprint density at radius 3 is 2.84 bits per heavy atom. The van der Waals surface area contributed by atoms with Crippen LogP contribution in [0.5, 0.6) is 0 Å². The van der Waals surface area contributed by atoms with Gasteiger partial charge in [0.25, 0.3) is 0 Å². The van der Waals surface area contributed by atoms with Crippen molar-refractivity contribution < 1.29 is 9.53 Å². The van der Waals surface area contributed by atoms with E-state index in [0.29, 0.717) is 11.6 Å². The number of nitrogens with zero attached hydrogens (tertiary/aromatic N) is 2. The summed E-state index contributed by atoms with van der Waals surface area (Å²) >= 11 is 1.55. The number of aliphatic imine (C=N–C) groups is 1. The third-order valence-corrected chi connectivity index (χ3v) is 5.45. The van der Waals surface area contributed by atoms with E-state index in [4.69, 9.17) is 4.74 Å². The van der Waals surface area contributed by atoms with Gasteiger partial charge in [-0.25, -0.2) is 4.79 Å². The largest absolute Gasteiger partial charge is 0.433 e. The Morgan fingerprint density at radius 2 is 2.28 bits per heavy atom. The zero-order valence-corrected chi connectivity index (χ0v) is 15.4. The summed E-state index contributed by atoms with van der Waals surface area (Å²) in [7, 11) is 0. The summed E-state index contributed by atoms with van der Waals surface area (Å²) in [5.41, 5.74) is 2.76. The second-order valence-electron chi connectivity index (χ2n) is 6.40. The number of piperidine rings is 3. The first-order valence-electron chi connectivity index (χ1n) is 8.68. The summed E-state index contributed by atoms with van der Waals surface area (Å²) in [6.45, 7) is 8.91. The number of thiophene rings is 1. The molecule has 4 nitrogen and oxygen atoms in total. The molecule has 0 spiro atoms. The molecular formula is C20H24N2O2S. The van der Waals surface area contributed by atoms with Gasteiger partial charge < -0.3 is 4.74 Å². The highest BCUT2D eigenvalue weighted by Crippen LogP contribution is 2.32. The van der Waals surface area contributed by atoms with Gasteiger partial charge in [-0.1, -0.05) is 12.7 Å². The van der Waals surface area contributed by atoms with E-state index in [1.54, 1.807) is 23.7 Å². The highest BCUT2D eigenvalue weighted by molar-refractivity contribution is 7.08. The fraction of sp³-hybridized carbons (Fsp3) is 0.400. The molecule has 4 heterocycles. The van der Waals surface area contributed by atoms with E-state index in [2.05, 4.69) is 16.5 Å². The van der Waals surface area contributed by atoms with Crippen molar-refractivity contribution >= 4 is 23.0 Å². The summed E-state index contributed by atoms with van der Waals surface area (Å²) in [4.78, 5) is 19.7. The standard InChI is InChI=1S/C20H24N2O2S/c1-3-5-18(4-2)21-19(16-8-11-25-14-16)20(23)24-13-17-12-22-9-6-15(17)7-10-22/h3-5,8,11,13-15,19H,2,6-7,9-10,12H2,1H3/b5-3-,17-13?,21-18?. The summed E-state index contributed by atoms with van der Waals surface area (Å²) < 4.78 is 5.56. The molecule has 3 fully saturated rings. The molecule has 1 aromatic heterocycles. The summed E-state index contributed by atoms with van der Waals surface area (Å²) in [5.74, 6) is 0.221. The summed E-state index contributed by atoms with van der Waals surface area (Å²) in [6.07, 6.45) is 9.38. The summed E-state index contributed by atoms with van der Waals surface area (Å²) in [5, 5.41) is 3.88. The molecular weight excluding hydrogens is 332 g/mol. The minimum Gasteiger partial charge on any atom is -0.433 e. The van der Waals surface area contributed by atoms with Gasteiger partial charge in [0, 0.05) is 6.54 Å². The van der Waals surface area contributed by atoms with Gasteiger partial charge in [-0.15, -0.1) is 0 Å². The van der Waals surface area contributed by atoms with E-state index >= 15 is 0 Å². The van der Waals surface area contributed by atoms with Gasteiger partial charge in [0.15, 0.2) is 6.04 Å². The smallest absolute Gasteiger partial charge is 0.340 e. The first-order chi connectivity index (χ1) is 12.2. The lowest BCUT2D eigenvalue weighted by Crippen LogP contribution is -2.43. The van der Waals surface area contributed by atoms with Crippen LogP contribution in [0.15, 0.2) is 58.5 Å². The Kier molecular flexibility index (Phi) is 6.00. The number of carbonyl (C=O) groups excluding carboxylic acids is 1. The van der Waals surface area contributed by atoms with Crippen molar-refractivity contribution in [3.8, 4) is 0 Å². The molecule has 1 atom stereocenters. The average molecular weight is 356 g/mol. The van der Waals surface area contributed by atoms with Crippen molar-refractivity contribution in [1.82, 2.24) is 4.90 Å². The van der Waals surface area contributed by atoms with Crippen LogP contribution in [0.2, 0.25) is 0 Å². The quantitative estimate of drug-likeness (QED) is 0.437. The van der Waals surface area contributed by atoms with Crippen molar-refractivity contribution in [2.45, 2.75) is 25.8 Å². The van der Waals surface area contributed by atoms with Crippen molar-refractivity contribution in [2.75, 3.05) is 19.6 Å². The molecule has 0 aliphatic carbocycles. The minimum absolute atomic E-state index is 0.341. The van der Waals surface area contributed by atoms with Gasteiger partial charge in [-0.2, -0.15) is 11.3 Å². The highest BCUT2D eigenvalue weighted by Gasteiger charge is 2.30. The van der Waals surface area contributed by atoms with Crippen LogP contribution in [0.3, 0.4) is 0 Å². The second kappa shape index (κ2) is 8.41. The molecule has 4 rings (SSSR count). The first kappa shape index (κ1) is 17.8. The zero-order chi connectivity index (χ0) is 17.6. The Morgan fingerprint density at radius 1 is 1.48 bits per heavy atom. The lowest BCUT2D eigenvalue weighted by Gasteiger charge is -2.40. The second-order valence-corrected chi connectivity index (χ2v) is 7.18. The fourth-order valence-corrected chi connectivity index (χ4v) is 4.04. The van der Waals surface area contributed by atoms with E-state index in [0.717, 1.165) is 38.0 Å². The van der Waals surface area contributed by atoms with Gasteiger partial charge in [0.2, 0.25) is 0 Å². The topological polar surface area (TPSA) is 41.9 Å². The summed E-state index contributed by atoms with van der Waals surface area (Å²) in [6, 6.07) is 1.26. The molecule has 3 aliphatic heterocycles. The first-order valence-corrected chi connectivity index (χ1v) is 9.62. The highest BCUT2D eigenvalue weighted by atomic mass is 32.1. The average Bonchev–Trinajstić information content (AvgIpc) is 3.18. The number of hydrogen-bond donors (Lipinski definition) is 0. The van der Waals surface area contributed by atoms with E-state index in [1.165, 1.54) is 5.57 Å². The number of ether oxygens (including phenoxy) is 1. The monoisotopic (exact) mass is 356 g/mol. The molecule has 1 unspecified atom stereocenters. The normalized spacial score (nSPS) is 26.1. The lowest BCUT2D eigenvalue weighted by molar-refractivity contribution is -0.139. The zero-order valence-electron chi connectivity index (χ0n) is 14.6. The SMILES string of the molecule is C=CC(/C=C\C)=NC(C(=O)OC=C1CN2CCC1CC2)c1ccsc1. The van der Waals surface area contributed by atoms with E-state index in [-0.39, 0.29) is 5.97 Å². The molecule has 3 saturated heterocycles. The Hall–Kier alpha value is -1.98. The van der Waals surface area contributed by atoms with Gasteiger partial charge in [-0.05, 0) is 78.9 Å². The maximum Gasteiger partial charge on any atom is 0.340 e. The van der Waals surface area contributed by atoms with Crippen LogP contribution in [0.25, 0.3) is 0 Å². The molecule has 0 amide bonds. The van der Waals surface area contributed by atoms with Gasteiger partial charge in [0.1, 0.15) is 0 Å². The molecule has 0 N–H and O–H groups in total. The van der Waals surface area contributed by atoms with Gasteiger partial charge in [-0.3, -0.25) is 9.89 Å². The number of carbonyl (C=O) groups is 1. The molecule has 25 heavy (non-hydrogen) atoms. The van der Waals surface area contributed by atoms with Crippen molar-refractivity contribution in [1.29, 1.82) is 0 Å². The van der Waals surface area contributed by atoms with Crippen molar-refractivity contribution in [2.24, 2.45) is 10.9 Å².